The molecule has 1 amide bonds. The van der Waals surface area contributed by atoms with Crippen LogP contribution in [-0.4, -0.2) is 45.6 Å². The van der Waals surface area contributed by atoms with E-state index in [2.05, 4.69) is 0 Å². The number of nitrogens with zero attached hydrogens (tertiary/aromatic N) is 3. The van der Waals surface area contributed by atoms with Gasteiger partial charge in [-0.3, -0.25) is 24.1 Å². The fraction of sp³-hybridized carbons (Fsp3) is 0.409. The third kappa shape index (κ3) is 3.54. The van der Waals surface area contributed by atoms with E-state index < -0.39 is 34.5 Å². The lowest BCUT2D eigenvalue weighted by Gasteiger charge is -2.48. The molecule has 1 fully saturated rings. The maximum atomic E-state index is 14.1. The molecule has 0 saturated carbocycles. The summed E-state index contributed by atoms with van der Waals surface area (Å²) in [6.07, 6.45) is 2.83. The molecule has 0 bridgehead atoms. The molecule has 1 saturated heterocycles. The number of halogens is 3. The van der Waals surface area contributed by atoms with Crippen LogP contribution in [0.4, 0.5) is 8.78 Å². The number of pyridine rings is 1. The molecule has 0 unspecified atom stereocenters. The Bertz CT molecular complexity index is 1170. The van der Waals surface area contributed by atoms with Crippen LogP contribution < -0.4 is 10.4 Å². The summed E-state index contributed by atoms with van der Waals surface area (Å²) in [7, 11) is 0. The molecule has 32 heavy (non-hydrogen) atoms. The fourth-order valence-corrected chi connectivity index (χ4v) is 4.63. The zero-order chi connectivity index (χ0) is 23.2. The maximum Gasteiger partial charge on any atom is 0.278 e. The van der Waals surface area contributed by atoms with Crippen LogP contribution >= 0.6 is 11.6 Å². The minimum atomic E-state index is -0.979. The summed E-state index contributed by atoms with van der Waals surface area (Å²) in [5.74, 6) is -3.77. The molecule has 4 rings (SSSR count). The number of aromatic nitrogens is 1. The number of carbonyl (C=O) groups is 2. The van der Waals surface area contributed by atoms with Crippen LogP contribution in [0, 0.1) is 11.6 Å². The highest BCUT2D eigenvalue weighted by Crippen LogP contribution is 2.30. The molecule has 2 aliphatic rings. The molecular formula is C22H22ClF2N3O4. The smallest absolute Gasteiger partial charge is 0.278 e. The highest BCUT2D eigenvalue weighted by molar-refractivity contribution is 6.30. The number of amides is 1. The van der Waals surface area contributed by atoms with Crippen molar-refractivity contribution in [3.05, 3.63) is 62.0 Å². The van der Waals surface area contributed by atoms with Gasteiger partial charge in [0.15, 0.2) is 17.2 Å². The van der Waals surface area contributed by atoms with E-state index in [0.29, 0.717) is 13.1 Å². The third-order valence-corrected chi connectivity index (χ3v) is 6.38. The highest BCUT2D eigenvalue weighted by Gasteiger charge is 2.40. The molecule has 7 nitrogen and oxygen atoms in total. The number of fused-ring (bicyclic) bond motifs is 3. The van der Waals surface area contributed by atoms with Crippen LogP contribution in [0.1, 0.15) is 59.0 Å². The molecule has 2 aliphatic heterocycles. The van der Waals surface area contributed by atoms with E-state index in [1.54, 1.807) is 4.90 Å². The lowest BCUT2D eigenvalue weighted by Crippen LogP contribution is -2.63. The monoisotopic (exact) mass is 465 g/mol. The van der Waals surface area contributed by atoms with Gasteiger partial charge < -0.3 is 10.0 Å². The van der Waals surface area contributed by atoms with Gasteiger partial charge in [-0.2, -0.15) is 0 Å². The van der Waals surface area contributed by atoms with Crippen molar-refractivity contribution in [1.82, 2.24) is 9.58 Å². The summed E-state index contributed by atoms with van der Waals surface area (Å²) in [5.41, 5.74) is -1.85. The predicted octanol–water partition coefficient (Wildman–Crippen LogP) is 3.22. The summed E-state index contributed by atoms with van der Waals surface area (Å²) in [4.78, 5) is 40.1. The Morgan fingerprint density at radius 2 is 2.00 bits per heavy atom. The molecule has 1 N–H and O–H groups in total. The second-order valence-electron chi connectivity index (χ2n) is 7.89. The van der Waals surface area contributed by atoms with Gasteiger partial charge in [-0.15, -0.1) is 0 Å². The molecule has 0 radical (unpaired) electrons. The maximum absolute atomic E-state index is 14.1. The number of aromatic hydroxyl groups is 1. The first kappa shape index (κ1) is 22.3. The van der Waals surface area contributed by atoms with Crippen LogP contribution in [0.5, 0.6) is 5.75 Å². The van der Waals surface area contributed by atoms with Crippen molar-refractivity contribution < 1.29 is 23.5 Å². The van der Waals surface area contributed by atoms with Crippen molar-refractivity contribution in [3.8, 4) is 5.75 Å². The van der Waals surface area contributed by atoms with Crippen LogP contribution in [0.3, 0.4) is 0 Å². The van der Waals surface area contributed by atoms with Crippen molar-refractivity contribution in [3.63, 3.8) is 0 Å². The Labute approximate surface area is 187 Å². The quantitative estimate of drug-likeness (QED) is 0.541. The van der Waals surface area contributed by atoms with E-state index in [1.165, 1.54) is 10.9 Å². The van der Waals surface area contributed by atoms with Gasteiger partial charge in [0.05, 0.1) is 10.6 Å². The number of benzene rings is 1. The molecular weight excluding hydrogens is 444 g/mol. The van der Waals surface area contributed by atoms with Crippen molar-refractivity contribution in [2.75, 3.05) is 18.1 Å². The van der Waals surface area contributed by atoms with Crippen LogP contribution in [-0.2, 0) is 6.42 Å². The predicted molar refractivity (Wildman–Crippen MR) is 114 cm³/mol. The topological polar surface area (TPSA) is 82.9 Å². The van der Waals surface area contributed by atoms with E-state index in [1.807, 2.05) is 11.9 Å². The van der Waals surface area contributed by atoms with Crippen molar-refractivity contribution in [2.24, 2.45) is 0 Å². The first-order valence-corrected chi connectivity index (χ1v) is 10.9. The molecule has 1 aromatic carbocycles. The first-order chi connectivity index (χ1) is 15.3. The number of hydrogen-bond donors (Lipinski definition) is 1. The van der Waals surface area contributed by atoms with Crippen molar-refractivity contribution in [1.29, 1.82) is 0 Å². The van der Waals surface area contributed by atoms with Crippen LogP contribution in [0.25, 0.3) is 0 Å². The Morgan fingerprint density at radius 1 is 1.25 bits per heavy atom. The second kappa shape index (κ2) is 8.54. The highest BCUT2D eigenvalue weighted by atomic mass is 35.5. The SMILES string of the molecule is CCN1C(=O)c2c(O)c(=O)c(C(=O)CCc3c(F)ccc(Cl)c3F)cn2N2CCCC[C@@H]12. The summed E-state index contributed by atoms with van der Waals surface area (Å²) in [6.45, 7) is 2.81. The second-order valence-corrected chi connectivity index (χ2v) is 8.30. The Morgan fingerprint density at radius 3 is 2.72 bits per heavy atom. The summed E-state index contributed by atoms with van der Waals surface area (Å²) in [5, 5.41) is 12.1. The van der Waals surface area contributed by atoms with Gasteiger partial charge in [0, 0.05) is 31.3 Å². The van der Waals surface area contributed by atoms with Crippen LogP contribution in [0.2, 0.25) is 5.02 Å². The van der Waals surface area contributed by atoms with Crippen molar-refractivity contribution in [2.45, 2.75) is 45.2 Å². The van der Waals surface area contributed by atoms with Gasteiger partial charge in [-0.05, 0) is 44.7 Å². The number of Topliss-reactive ketones (excluding diaryl/α,β-unsaturated/α-hetero) is 1. The normalized spacial score (nSPS) is 17.9. The first-order valence-electron chi connectivity index (χ1n) is 10.5. The number of piperidine rings is 1. The summed E-state index contributed by atoms with van der Waals surface area (Å²) in [6, 6.07) is 2.09. The molecule has 1 aromatic heterocycles. The van der Waals surface area contributed by atoms with E-state index in [0.717, 1.165) is 31.4 Å². The molecule has 3 heterocycles. The van der Waals surface area contributed by atoms with E-state index in [4.69, 9.17) is 11.6 Å². The Kier molecular flexibility index (Phi) is 5.94. The number of ketones is 1. The minimum Gasteiger partial charge on any atom is -0.502 e. The molecule has 0 spiro atoms. The Balaban J connectivity index is 1.71. The number of carbonyl (C=O) groups excluding carboxylic acids is 2. The van der Waals surface area contributed by atoms with E-state index in [9.17, 15) is 28.3 Å². The van der Waals surface area contributed by atoms with E-state index in [-0.39, 0.29) is 40.9 Å². The zero-order valence-electron chi connectivity index (χ0n) is 17.4. The molecule has 0 aliphatic carbocycles. The van der Waals surface area contributed by atoms with Gasteiger partial charge >= 0.3 is 0 Å². The average Bonchev–Trinajstić information content (AvgIpc) is 2.78. The van der Waals surface area contributed by atoms with Crippen LogP contribution in [0.15, 0.2) is 23.1 Å². The fourth-order valence-electron chi connectivity index (χ4n) is 4.45. The number of hydrogen-bond acceptors (Lipinski definition) is 5. The average molecular weight is 466 g/mol. The standard InChI is InChI=1S/C22H22ClF2N3O4/c1-2-26-17-5-3-4-10-27(17)28-11-13(20(30)21(31)19(28)22(26)32)16(29)9-6-12-15(24)8-7-14(23)18(12)25/h7-8,11,17,31H,2-6,9-10H2,1H3/t17-/m0/s1. The summed E-state index contributed by atoms with van der Waals surface area (Å²) < 4.78 is 29.5. The molecule has 10 heteroatoms. The zero-order valence-corrected chi connectivity index (χ0v) is 18.2. The van der Waals surface area contributed by atoms with Crippen molar-refractivity contribution >= 4 is 23.3 Å². The molecule has 2 aromatic rings. The molecule has 170 valence electrons. The minimum absolute atomic E-state index is 0.182. The van der Waals surface area contributed by atoms with Gasteiger partial charge in [0.1, 0.15) is 17.8 Å². The summed E-state index contributed by atoms with van der Waals surface area (Å²) >= 11 is 5.69. The van der Waals surface area contributed by atoms with Gasteiger partial charge in [0.2, 0.25) is 5.43 Å². The molecule has 1 atom stereocenters. The van der Waals surface area contributed by atoms with Gasteiger partial charge in [0.25, 0.3) is 5.91 Å². The largest absolute Gasteiger partial charge is 0.502 e. The number of rotatable bonds is 5. The lowest BCUT2D eigenvalue weighted by molar-refractivity contribution is 0.0534. The third-order valence-electron chi connectivity index (χ3n) is 6.09. The lowest BCUT2D eigenvalue weighted by atomic mass is 10.0. The Hall–Kier alpha value is -2.94. The van der Waals surface area contributed by atoms with Gasteiger partial charge in [-0.25, -0.2) is 8.78 Å². The van der Waals surface area contributed by atoms with E-state index >= 15 is 0 Å². The van der Waals surface area contributed by atoms with Gasteiger partial charge in [-0.1, -0.05) is 11.6 Å².